The molecule has 4 aromatic rings. The second kappa shape index (κ2) is 12.1. The molecule has 2 aromatic carbocycles. The van der Waals surface area contributed by atoms with Crippen LogP contribution < -0.4 is 9.64 Å². The predicted molar refractivity (Wildman–Crippen MR) is 173 cm³/mol. The lowest BCUT2D eigenvalue weighted by Crippen LogP contribution is -2.56. The van der Waals surface area contributed by atoms with Gasteiger partial charge in [-0.3, -0.25) is 9.78 Å². The Bertz CT molecular complexity index is 1850. The second-order valence-electron chi connectivity index (χ2n) is 12.2. The maximum atomic E-state index is 16.8. The zero-order valence-corrected chi connectivity index (χ0v) is 25.5. The van der Waals surface area contributed by atoms with Crippen molar-refractivity contribution in [3.8, 4) is 17.3 Å². The van der Waals surface area contributed by atoms with Crippen molar-refractivity contribution < 1.29 is 13.9 Å². The lowest BCUT2D eigenvalue weighted by atomic mass is 9.94. The van der Waals surface area contributed by atoms with Gasteiger partial charge in [0.1, 0.15) is 29.7 Å². The maximum Gasteiger partial charge on any atom is 0.319 e. The highest BCUT2D eigenvalue weighted by Crippen LogP contribution is 2.39. The van der Waals surface area contributed by atoms with E-state index in [1.165, 1.54) is 17.2 Å². The standard InChI is InChI=1S/C35H36FN7O2/c1-4-29(44)43-17-16-42(20-25(43)18-37-2)34-28-19-38-32(27-12-6-9-23-14-13-22-8-5-11-26(22)30(23)27)31(36)33(28)39-35(40-34)45-21-24-10-7-15-41(24)3/h4,6,9,12-14,19,24-25H,1,5,7-8,10-11,15-18,20-21H2,3H3/t24-,25-/m0/s1. The van der Waals surface area contributed by atoms with Crippen molar-refractivity contribution in [2.24, 2.45) is 0 Å². The van der Waals surface area contributed by atoms with E-state index in [0.717, 1.165) is 55.0 Å². The third-order valence-corrected chi connectivity index (χ3v) is 9.64. The van der Waals surface area contributed by atoms with Gasteiger partial charge >= 0.3 is 6.01 Å². The Balaban J connectivity index is 1.34. The Morgan fingerprint density at radius 1 is 1.16 bits per heavy atom. The molecule has 9 nitrogen and oxygen atoms in total. The predicted octanol–water partition coefficient (Wildman–Crippen LogP) is 5.07. The van der Waals surface area contributed by atoms with E-state index in [2.05, 4.69) is 46.6 Å². The van der Waals surface area contributed by atoms with Crippen LogP contribution in [0.4, 0.5) is 10.2 Å². The normalized spacial score (nSPS) is 20.0. The van der Waals surface area contributed by atoms with Crippen LogP contribution in [0.2, 0.25) is 0 Å². The molecule has 2 saturated heterocycles. The maximum absolute atomic E-state index is 16.8. The third-order valence-electron chi connectivity index (χ3n) is 9.64. The lowest BCUT2D eigenvalue weighted by Gasteiger charge is -2.39. The van der Waals surface area contributed by atoms with Crippen LogP contribution in [0.15, 0.2) is 49.2 Å². The SMILES string of the molecule is [C-]#[N+]C[C@H]1CN(c2nc(OC[C@@H]3CCCN3C)nc3c(F)c(-c4cccc5ccc6c(c45)CCC6)ncc23)CCN1C(=O)C=C. The second-order valence-corrected chi connectivity index (χ2v) is 12.2. The number of likely N-dealkylation sites (N-methyl/N-ethyl adjacent to an activating group) is 1. The summed E-state index contributed by atoms with van der Waals surface area (Å²) in [7, 11) is 2.08. The van der Waals surface area contributed by atoms with Crippen molar-refractivity contribution >= 4 is 33.4 Å². The van der Waals surface area contributed by atoms with Crippen LogP contribution in [0.5, 0.6) is 6.01 Å². The van der Waals surface area contributed by atoms with Crippen molar-refractivity contribution in [1.82, 2.24) is 24.8 Å². The number of carbonyl (C=O) groups excluding carboxylic acids is 1. The van der Waals surface area contributed by atoms with Crippen LogP contribution in [0.25, 0.3) is 37.8 Å². The molecule has 10 heteroatoms. The number of piperazine rings is 1. The van der Waals surface area contributed by atoms with E-state index < -0.39 is 5.82 Å². The first-order valence-corrected chi connectivity index (χ1v) is 15.7. The van der Waals surface area contributed by atoms with Gasteiger partial charge in [-0.05, 0) is 73.7 Å². The molecule has 45 heavy (non-hydrogen) atoms. The summed E-state index contributed by atoms with van der Waals surface area (Å²) < 4.78 is 23.0. The highest BCUT2D eigenvalue weighted by atomic mass is 19.1. The minimum Gasteiger partial charge on any atom is -0.462 e. The molecule has 230 valence electrons. The molecule has 4 heterocycles. The summed E-state index contributed by atoms with van der Waals surface area (Å²) in [6, 6.07) is 10.2. The van der Waals surface area contributed by atoms with E-state index in [1.807, 2.05) is 17.0 Å². The van der Waals surface area contributed by atoms with Crippen molar-refractivity contribution in [2.45, 2.75) is 44.2 Å². The Hall–Kier alpha value is -4.62. The van der Waals surface area contributed by atoms with E-state index in [4.69, 9.17) is 21.3 Å². The highest BCUT2D eigenvalue weighted by Gasteiger charge is 2.34. The molecule has 2 aliphatic heterocycles. The number of likely N-dealkylation sites (tertiary alicyclic amines) is 1. The molecule has 0 radical (unpaired) electrons. The largest absolute Gasteiger partial charge is 0.462 e. The molecule has 0 spiro atoms. The minimum atomic E-state index is -0.514. The topological polar surface area (TPSA) is 79.1 Å². The number of benzene rings is 2. The zero-order chi connectivity index (χ0) is 31.1. The van der Waals surface area contributed by atoms with E-state index in [0.29, 0.717) is 37.4 Å². The first kappa shape index (κ1) is 29.1. The van der Waals surface area contributed by atoms with Crippen LogP contribution in [0.1, 0.15) is 30.4 Å². The van der Waals surface area contributed by atoms with E-state index in [-0.39, 0.29) is 41.8 Å². The number of aromatic nitrogens is 3. The number of nitrogens with zero attached hydrogens (tertiary/aromatic N) is 7. The summed E-state index contributed by atoms with van der Waals surface area (Å²) in [6.45, 7) is 13.8. The third kappa shape index (κ3) is 5.25. The fourth-order valence-corrected chi connectivity index (χ4v) is 7.26. The monoisotopic (exact) mass is 605 g/mol. The van der Waals surface area contributed by atoms with E-state index >= 15 is 4.39 Å². The van der Waals surface area contributed by atoms with Gasteiger partial charge in [-0.2, -0.15) is 9.97 Å². The van der Waals surface area contributed by atoms with Gasteiger partial charge in [0.05, 0.1) is 5.39 Å². The van der Waals surface area contributed by atoms with Gasteiger partial charge in [0, 0.05) is 37.4 Å². The number of ether oxygens (including phenoxy) is 1. The lowest BCUT2D eigenvalue weighted by molar-refractivity contribution is -0.128. The van der Waals surface area contributed by atoms with Gasteiger partial charge in [-0.15, -0.1) is 0 Å². The fourth-order valence-electron chi connectivity index (χ4n) is 7.26. The van der Waals surface area contributed by atoms with Crippen molar-refractivity contribution in [1.29, 1.82) is 0 Å². The summed E-state index contributed by atoms with van der Waals surface area (Å²) in [5.41, 5.74) is 3.75. The minimum absolute atomic E-state index is 0.110. The van der Waals surface area contributed by atoms with E-state index in [1.54, 1.807) is 11.1 Å². The molecule has 0 saturated carbocycles. The van der Waals surface area contributed by atoms with Gasteiger partial charge in [-0.25, -0.2) is 11.0 Å². The average molecular weight is 606 g/mol. The number of pyridine rings is 1. The van der Waals surface area contributed by atoms with Gasteiger partial charge in [-0.1, -0.05) is 36.9 Å². The number of carbonyl (C=O) groups is 1. The highest BCUT2D eigenvalue weighted by molar-refractivity contribution is 6.01. The van der Waals surface area contributed by atoms with Crippen LogP contribution in [-0.2, 0) is 17.6 Å². The smallest absolute Gasteiger partial charge is 0.319 e. The summed E-state index contributed by atoms with van der Waals surface area (Å²) in [4.78, 5) is 36.2. The van der Waals surface area contributed by atoms with Crippen molar-refractivity contribution in [3.05, 3.63) is 77.5 Å². The quantitative estimate of drug-likeness (QED) is 0.215. The number of fused-ring (bicyclic) bond motifs is 4. The molecule has 3 aliphatic rings. The van der Waals surface area contributed by atoms with Gasteiger partial charge in [0.25, 0.3) is 0 Å². The molecule has 1 amide bonds. The molecular weight excluding hydrogens is 569 g/mol. The number of hydrogen-bond acceptors (Lipinski definition) is 7. The number of aryl methyl sites for hydroxylation is 2. The molecule has 1 aliphatic carbocycles. The molecule has 0 bridgehead atoms. The Kier molecular flexibility index (Phi) is 7.80. The number of hydrogen-bond donors (Lipinski definition) is 0. The van der Waals surface area contributed by atoms with Crippen LogP contribution in [0.3, 0.4) is 0 Å². The summed E-state index contributed by atoms with van der Waals surface area (Å²) in [6.07, 6.45) is 8.13. The molecule has 2 aromatic heterocycles. The van der Waals surface area contributed by atoms with Gasteiger partial charge < -0.3 is 24.3 Å². The average Bonchev–Trinajstić information content (AvgIpc) is 3.72. The first-order chi connectivity index (χ1) is 22.0. The molecule has 7 rings (SSSR count). The Morgan fingerprint density at radius 2 is 2.04 bits per heavy atom. The first-order valence-electron chi connectivity index (χ1n) is 15.7. The van der Waals surface area contributed by atoms with Crippen molar-refractivity contribution in [3.63, 3.8) is 0 Å². The zero-order valence-electron chi connectivity index (χ0n) is 25.5. The van der Waals surface area contributed by atoms with Crippen LogP contribution in [-0.4, -0.2) is 89.1 Å². The molecular formula is C35H36FN7O2. The number of anilines is 1. The Labute approximate surface area is 262 Å². The molecule has 0 N–H and O–H groups in total. The number of halogens is 1. The number of amides is 1. The van der Waals surface area contributed by atoms with Crippen LogP contribution >= 0.6 is 0 Å². The molecule has 2 atom stereocenters. The van der Waals surface area contributed by atoms with Gasteiger partial charge in [0.15, 0.2) is 5.82 Å². The van der Waals surface area contributed by atoms with Crippen molar-refractivity contribution in [2.75, 3.05) is 51.3 Å². The van der Waals surface area contributed by atoms with E-state index in [9.17, 15) is 4.79 Å². The fraction of sp³-hybridized carbons (Fsp3) is 0.400. The Morgan fingerprint density at radius 3 is 2.84 bits per heavy atom. The summed E-state index contributed by atoms with van der Waals surface area (Å²) in [5, 5.41) is 2.59. The summed E-state index contributed by atoms with van der Waals surface area (Å²) in [5.74, 6) is -0.230. The van der Waals surface area contributed by atoms with Gasteiger partial charge in [0.2, 0.25) is 12.5 Å². The number of rotatable bonds is 7. The molecule has 0 unspecified atom stereocenters. The molecule has 2 fully saturated rings. The summed E-state index contributed by atoms with van der Waals surface area (Å²) >= 11 is 0. The van der Waals surface area contributed by atoms with Crippen LogP contribution in [0, 0.1) is 12.4 Å².